The highest BCUT2D eigenvalue weighted by Crippen LogP contribution is 2.35. The summed E-state index contributed by atoms with van der Waals surface area (Å²) in [4.78, 5) is 0. The molecule has 2 aromatic carbocycles. The van der Waals surface area contributed by atoms with E-state index < -0.39 is 0 Å². The number of rotatable bonds is 2. The number of ether oxygens (including phenoxy) is 2. The summed E-state index contributed by atoms with van der Waals surface area (Å²) in [6, 6.07) is 14.5. The third-order valence-electron chi connectivity index (χ3n) is 3.35. The first-order chi connectivity index (χ1) is 9.28. The Hall–Kier alpha value is -2.22. The van der Waals surface area contributed by atoms with Crippen molar-refractivity contribution in [3.8, 4) is 11.5 Å². The van der Waals surface area contributed by atoms with Gasteiger partial charge in [0.05, 0.1) is 7.11 Å². The van der Waals surface area contributed by atoms with Crippen molar-refractivity contribution < 1.29 is 9.47 Å². The third-order valence-corrected chi connectivity index (χ3v) is 3.35. The number of benzene rings is 2. The summed E-state index contributed by atoms with van der Waals surface area (Å²) in [5, 5.41) is 0. The summed E-state index contributed by atoms with van der Waals surface area (Å²) >= 11 is 0. The number of hydrogen-bond acceptors (Lipinski definition) is 2. The van der Waals surface area contributed by atoms with Crippen molar-refractivity contribution in [2.24, 2.45) is 0 Å². The Morgan fingerprint density at radius 2 is 1.84 bits per heavy atom. The normalized spacial score (nSPS) is 13.3. The van der Waals surface area contributed by atoms with Crippen LogP contribution < -0.4 is 9.47 Å². The van der Waals surface area contributed by atoms with Crippen molar-refractivity contribution in [1.82, 2.24) is 0 Å². The van der Waals surface area contributed by atoms with E-state index in [2.05, 4.69) is 43.3 Å². The number of hydrogen-bond donors (Lipinski definition) is 0. The van der Waals surface area contributed by atoms with E-state index in [4.69, 9.17) is 9.47 Å². The highest BCUT2D eigenvalue weighted by Gasteiger charge is 2.15. The molecule has 2 heteroatoms. The van der Waals surface area contributed by atoms with E-state index >= 15 is 0 Å². The minimum absolute atomic E-state index is 0.623. The van der Waals surface area contributed by atoms with E-state index in [-0.39, 0.29) is 0 Å². The molecule has 3 rings (SSSR count). The summed E-state index contributed by atoms with van der Waals surface area (Å²) in [6.07, 6.45) is 2.12. The van der Waals surface area contributed by atoms with Crippen LogP contribution in [0.2, 0.25) is 0 Å². The summed E-state index contributed by atoms with van der Waals surface area (Å²) in [7, 11) is 1.68. The van der Waals surface area contributed by atoms with Crippen molar-refractivity contribution >= 4 is 5.57 Å². The molecule has 0 saturated carbocycles. The van der Waals surface area contributed by atoms with Crippen LogP contribution >= 0.6 is 0 Å². The van der Waals surface area contributed by atoms with Gasteiger partial charge in [-0.3, -0.25) is 0 Å². The zero-order valence-corrected chi connectivity index (χ0v) is 11.1. The maximum absolute atomic E-state index is 5.70. The van der Waals surface area contributed by atoms with Crippen LogP contribution in [0.5, 0.6) is 11.5 Å². The topological polar surface area (TPSA) is 18.5 Å². The first kappa shape index (κ1) is 11.8. The maximum Gasteiger partial charge on any atom is 0.127 e. The molecule has 1 aliphatic heterocycles. The van der Waals surface area contributed by atoms with Gasteiger partial charge in [0.1, 0.15) is 18.1 Å². The van der Waals surface area contributed by atoms with Crippen LogP contribution in [0.1, 0.15) is 16.7 Å². The van der Waals surface area contributed by atoms with Gasteiger partial charge in [-0.05, 0) is 47.9 Å². The molecule has 96 valence electrons. The molecule has 0 radical (unpaired) electrons. The van der Waals surface area contributed by atoms with E-state index in [1.54, 1.807) is 7.11 Å². The Bertz CT molecular complexity index is 624. The minimum Gasteiger partial charge on any atom is -0.497 e. The van der Waals surface area contributed by atoms with Crippen molar-refractivity contribution in [3.05, 3.63) is 65.2 Å². The van der Waals surface area contributed by atoms with Crippen LogP contribution in [0.4, 0.5) is 0 Å². The fraction of sp³-hybridized carbons (Fsp3) is 0.176. The van der Waals surface area contributed by atoms with Crippen LogP contribution in [0.3, 0.4) is 0 Å². The first-order valence-electron chi connectivity index (χ1n) is 6.36. The average molecular weight is 252 g/mol. The fourth-order valence-corrected chi connectivity index (χ4v) is 2.34. The van der Waals surface area contributed by atoms with Crippen molar-refractivity contribution in [1.29, 1.82) is 0 Å². The molecule has 0 spiro atoms. The van der Waals surface area contributed by atoms with Crippen molar-refractivity contribution in [2.75, 3.05) is 13.7 Å². The van der Waals surface area contributed by atoms with Crippen LogP contribution in [0, 0.1) is 6.92 Å². The molecule has 1 aliphatic rings. The summed E-state index contributed by atoms with van der Waals surface area (Å²) < 4.78 is 10.9. The molecule has 0 unspecified atom stereocenters. The predicted octanol–water partition coefficient (Wildman–Crippen LogP) is 3.83. The standard InChI is InChI=1S/C17H16O2/c1-12-3-8-16-15(9-10-19-17(16)11-12)13-4-6-14(18-2)7-5-13/h3-9,11H,10H2,1-2H3. The van der Waals surface area contributed by atoms with Crippen molar-refractivity contribution in [2.45, 2.75) is 6.92 Å². The highest BCUT2D eigenvalue weighted by atomic mass is 16.5. The van der Waals surface area contributed by atoms with Gasteiger partial charge in [0, 0.05) is 5.56 Å². The van der Waals surface area contributed by atoms with Gasteiger partial charge >= 0.3 is 0 Å². The molecule has 0 bridgehead atoms. The smallest absolute Gasteiger partial charge is 0.127 e. The Morgan fingerprint density at radius 1 is 1.05 bits per heavy atom. The van der Waals surface area contributed by atoms with E-state index in [9.17, 15) is 0 Å². The van der Waals surface area contributed by atoms with Crippen LogP contribution in [-0.2, 0) is 0 Å². The Morgan fingerprint density at radius 3 is 2.58 bits per heavy atom. The zero-order valence-electron chi connectivity index (χ0n) is 11.1. The number of aryl methyl sites for hydroxylation is 1. The molecular weight excluding hydrogens is 236 g/mol. The Balaban J connectivity index is 2.03. The van der Waals surface area contributed by atoms with E-state index in [0.717, 1.165) is 17.1 Å². The second kappa shape index (κ2) is 4.81. The zero-order chi connectivity index (χ0) is 13.2. The summed E-state index contributed by atoms with van der Waals surface area (Å²) in [6.45, 7) is 2.70. The van der Waals surface area contributed by atoms with E-state index in [1.165, 1.54) is 16.7 Å². The summed E-state index contributed by atoms with van der Waals surface area (Å²) in [5.41, 5.74) is 4.79. The minimum atomic E-state index is 0.623. The molecule has 0 saturated heterocycles. The molecule has 2 nitrogen and oxygen atoms in total. The lowest BCUT2D eigenvalue weighted by molar-refractivity contribution is 0.357. The molecular formula is C17H16O2. The van der Waals surface area contributed by atoms with Crippen LogP contribution in [-0.4, -0.2) is 13.7 Å². The van der Waals surface area contributed by atoms with Gasteiger partial charge in [-0.1, -0.05) is 24.3 Å². The third kappa shape index (κ3) is 2.22. The average Bonchev–Trinajstić information content (AvgIpc) is 2.46. The second-order valence-corrected chi connectivity index (χ2v) is 4.66. The van der Waals surface area contributed by atoms with Gasteiger partial charge in [-0.15, -0.1) is 0 Å². The molecule has 2 aromatic rings. The van der Waals surface area contributed by atoms with Crippen LogP contribution in [0.25, 0.3) is 5.57 Å². The maximum atomic E-state index is 5.70. The predicted molar refractivity (Wildman–Crippen MR) is 76.7 cm³/mol. The Labute approximate surface area is 113 Å². The quantitative estimate of drug-likeness (QED) is 0.808. The molecule has 0 aliphatic carbocycles. The number of fused-ring (bicyclic) bond motifs is 1. The van der Waals surface area contributed by atoms with Gasteiger partial charge in [0.25, 0.3) is 0 Å². The van der Waals surface area contributed by atoms with E-state index in [0.29, 0.717) is 6.61 Å². The molecule has 0 atom stereocenters. The molecule has 0 fully saturated rings. The van der Waals surface area contributed by atoms with Gasteiger partial charge in [0.15, 0.2) is 0 Å². The highest BCUT2D eigenvalue weighted by molar-refractivity contribution is 5.84. The lowest BCUT2D eigenvalue weighted by Gasteiger charge is -2.19. The molecule has 0 aromatic heterocycles. The van der Waals surface area contributed by atoms with Gasteiger partial charge in [-0.2, -0.15) is 0 Å². The largest absolute Gasteiger partial charge is 0.497 e. The summed E-state index contributed by atoms with van der Waals surface area (Å²) in [5.74, 6) is 1.84. The first-order valence-corrected chi connectivity index (χ1v) is 6.36. The molecule has 0 N–H and O–H groups in total. The fourth-order valence-electron chi connectivity index (χ4n) is 2.34. The van der Waals surface area contributed by atoms with Gasteiger partial charge in [-0.25, -0.2) is 0 Å². The Kier molecular flexibility index (Phi) is 3.00. The molecule has 1 heterocycles. The van der Waals surface area contributed by atoms with Gasteiger partial charge in [0.2, 0.25) is 0 Å². The lowest BCUT2D eigenvalue weighted by Crippen LogP contribution is -2.05. The molecule has 0 amide bonds. The van der Waals surface area contributed by atoms with Crippen molar-refractivity contribution in [3.63, 3.8) is 0 Å². The van der Waals surface area contributed by atoms with Gasteiger partial charge < -0.3 is 9.47 Å². The SMILES string of the molecule is COc1ccc(C2=CCOc3cc(C)ccc32)cc1. The number of methoxy groups -OCH3 is 1. The lowest BCUT2D eigenvalue weighted by atomic mass is 9.94. The molecule has 19 heavy (non-hydrogen) atoms. The second-order valence-electron chi connectivity index (χ2n) is 4.66. The monoisotopic (exact) mass is 252 g/mol. The van der Waals surface area contributed by atoms with E-state index in [1.807, 2.05) is 12.1 Å². The van der Waals surface area contributed by atoms with Crippen LogP contribution in [0.15, 0.2) is 48.5 Å².